The molecule has 0 radical (unpaired) electrons. The molecule has 0 unspecified atom stereocenters. The first-order chi connectivity index (χ1) is 18.5. The number of nitrogens with one attached hydrogen (secondary N) is 2. The molecule has 0 bridgehead atoms. The first-order valence-corrected chi connectivity index (χ1v) is 13.4. The number of benzene rings is 3. The molecule has 0 spiro atoms. The zero-order valence-corrected chi connectivity index (χ0v) is 22.3. The Kier molecular flexibility index (Phi) is 11.5. The first-order valence-electron chi connectivity index (χ1n) is 13.4. The molecule has 0 saturated heterocycles. The number of rotatable bonds is 14. The molecule has 3 rings (SSSR count). The number of carbonyl (C=O) groups is 3. The van der Waals surface area contributed by atoms with Crippen molar-refractivity contribution in [1.29, 1.82) is 0 Å². The molecule has 200 valence electrons. The standard InChI is InChI=1S/C31H37N3O4/c1-3-4-5-6-7-8-9-14-29(35)32-22-30(36)34-33-21-27-26-13-11-10-12-24(26)19-20-28(27)38-31(37)25-17-15-23(2)16-18-25/h10-13,15-21H,3-9,14,22H2,1-2H3,(H,32,35)(H,34,36). The van der Waals surface area contributed by atoms with Crippen LogP contribution in [0, 0.1) is 6.92 Å². The average Bonchev–Trinajstić information content (AvgIpc) is 2.92. The molecule has 7 heteroatoms. The first kappa shape index (κ1) is 28.6. The number of ether oxygens (including phenoxy) is 1. The fraction of sp³-hybridized carbons (Fsp3) is 0.355. The van der Waals surface area contributed by atoms with Gasteiger partial charge >= 0.3 is 5.97 Å². The van der Waals surface area contributed by atoms with Crippen LogP contribution in [-0.2, 0) is 9.59 Å². The van der Waals surface area contributed by atoms with Crippen molar-refractivity contribution in [3.8, 4) is 5.75 Å². The van der Waals surface area contributed by atoms with Crippen molar-refractivity contribution in [2.24, 2.45) is 5.10 Å². The molecule has 0 heterocycles. The molecular weight excluding hydrogens is 478 g/mol. The lowest BCUT2D eigenvalue weighted by Crippen LogP contribution is -2.34. The fourth-order valence-corrected chi connectivity index (χ4v) is 4.06. The van der Waals surface area contributed by atoms with E-state index in [4.69, 9.17) is 4.74 Å². The second-order valence-corrected chi connectivity index (χ2v) is 9.40. The lowest BCUT2D eigenvalue weighted by molar-refractivity contribution is -0.126. The van der Waals surface area contributed by atoms with Gasteiger partial charge in [-0.1, -0.05) is 93.5 Å². The lowest BCUT2D eigenvalue weighted by Gasteiger charge is -2.11. The summed E-state index contributed by atoms with van der Waals surface area (Å²) >= 11 is 0. The Morgan fingerprint density at radius 1 is 0.842 bits per heavy atom. The Labute approximate surface area is 224 Å². The summed E-state index contributed by atoms with van der Waals surface area (Å²) in [4.78, 5) is 37.0. The van der Waals surface area contributed by atoms with Gasteiger partial charge in [-0.25, -0.2) is 10.2 Å². The predicted molar refractivity (Wildman–Crippen MR) is 151 cm³/mol. The monoisotopic (exact) mass is 515 g/mol. The minimum absolute atomic E-state index is 0.142. The van der Waals surface area contributed by atoms with Crippen LogP contribution < -0.4 is 15.5 Å². The van der Waals surface area contributed by atoms with Gasteiger partial charge in [-0.3, -0.25) is 9.59 Å². The highest BCUT2D eigenvalue weighted by Crippen LogP contribution is 2.27. The van der Waals surface area contributed by atoms with Crippen molar-refractivity contribution in [2.45, 2.75) is 65.2 Å². The molecule has 7 nitrogen and oxygen atoms in total. The zero-order valence-electron chi connectivity index (χ0n) is 22.3. The van der Waals surface area contributed by atoms with Crippen LogP contribution in [0.15, 0.2) is 65.8 Å². The maximum atomic E-state index is 12.7. The van der Waals surface area contributed by atoms with Gasteiger partial charge in [0.1, 0.15) is 5.75 Å². The quantitative estimate of drug-likeness (QED) is 0.0895. The summed E-state index contributed by atoms with van der Waals surface area (Å²) in [7, 11) is 0. The summed E-state index contributed by atoms with van der Waals surface area (Å²) in [5.74, 6) is -0.734. The van der Waals surface area contributed by atoms with E-state index in [1.54, 1.807) is 18.2 Å². The fourth-order valence-electron chi connectivity index (χ4n) is 4.06. The highest BCUT2D eigenvalue weighted by atomic mass is 16.5. The van der Waals surface area contributed by atoms with E-state index in [1.165, 1.54) is 31.9 Å². The van der Waals surface area contributed by atoms with E-state index in [-0.39, 0.29) is 12.5 Å². The minimum atomic E-state index is -0.484. The van der Waals surface area contributed by atoms with Crippen LogP contribution in [0.3, 0.4) is 0 Å². The third-order valence-corrected chi connectivity index (χ3v) is 6.26. The van der Waals surface area contributed by atoms with Crippen LogP contribution in [0.1, 0.15) is 79.8 Å². The van der Waals surface area contributed by atoms with E-state index in [0.29, 0.717) is 23.3 Å². The van der Waals surface area contributed by atoms with Gasteiger partial charge < -0.3 is 10.1 Å². The Hall–Kier alpha value is -4.00. The number of amides is 2. The largest absolute Gasteiger partial charge is 0.422 e. The predicted octanol–water partition coefficient (Wildman–Crippen LogP) is 6.07. The third kappa shape index (κ3) is 9.14. The highest BCUT2D eigenvalue weighted by Gasteiger charge is 2.14. The van der Waals surface area contributed by atoms with Crippen molar-refractivity contribution < 1.29 is 19.1 Å². The number of hydrogen-bond acceptors (Lipinski definition) is 5. The number of aryl methyl sites for hydroxylation is 1. The topological polar surface area (TPSA) is 96.9 Å². The molecule has 2 N–H and O–H groups in total. The molecule has 0 atom stereocenters. The van der Waals surface area contributed by atoms with Crippen molar-refractivity contribution >= 4 is 34.8 Å². The van der Waals surface area contributed by atoms with Crippen molar-refractivity contribution in [3.05, 3.63) is 77.4 Å². The Balaban J connectivity index is 1.55. The smallest absolute Gasteiger partial charge is 0.343 e. The Morgan fingerprint density at radius 2 is 1.55 bits per heavy atom. The van der Waals surface area contributed by atoms with Crippen LogP contribution >= 0.6 is 0 Å². The second-order valence-electron chi connectivity index (χ2n) is 9.40. The SMILES string of the molecule is CCCCCCCCCC(=O)NCC(=O)NN=Cc1c(OC(=O)c2ccc(C)cc2)ccc2ccccc12. The van der Waals surface area contributed by atoms with Crippen LogP contribution in [-0.4, -0.2) is 30.5 Å². The molecule has 3 aromatic carbocycles. The summed E-state index contributed by atoms with van der Waals surface area (Å²) in [5.41, 5.74) is 4.49. The molecular formula is C31H37N3O4. The van der Waals surface area contributed by atoms with E-state index in [2.05, 4.69) is 22.8 Å². The van der Waals surface area contributed by atoms with Gasteiger partial charge in [0.05, 0.1) is 18.3 Å². The highest BCUT2D eigenvalue weighted by molar-refractivity contribution is 6.04. The van der Waals surface area contributed by atoms with Gasteiger partial charge in [-0.15, -0.1) is 0 Å². The number of fused-ring (bicyclic) bond motifs is 1. The summed E-state index contributed by atoms with van der Waals surface area (Å²) in [6.45, 7) is 3.98. The van der Waals surface area contributed by atoms with E-state index >= 15 is 0 Å². The second kappa shape index (κ2) is 15.3. The van der Waals surface area contributed by atoms with Crippen LogP contribution in [0.4, 0.5) is 0 Å². The third-order valence-electron chi connectivity index (χ3n) is 6.26. The average molecular weight is 516 g/mol. The summed E-state index contributed by atoms with van der Waals surface area (Å²) < 4.78 is 5.69. The van der Waals surface area contributed by atoms with E-state index in [9.17, 15) is 14.4 Å². The van der Waals surface area contributed by atoms with Crippen molar-refractivity contribution in [2.75, 3.05) is 6.54 Å². The normalized spacial score (nSPS) is 11.0. The molecule has 2 amide bonds. The van der Waals surface area contributed by atoms with Crippen molar-refractivity contribution in [3.63, 3.8) is 0 Å². The molecule has 38 heavy (non-hydrogen) atoms. The summed E-state index contributed by atoms with van der Waals surface area (Å²) in [6, 6.07) is 18.3. The zero-order chi connectivity index (χ0) is 27.2. The molecule has 0 aliphatic rings. The Morgan fingerprint density at radius 3 is 2.32 bits per heavy atom. The van der Waals surface area contributed by atoms with Gasteiger partial charge in [0.25, 0.3) is 5.91 Å². The molecule has 0 aliphatic carbocycles. The van der Waals surface area contributed by atoms with Crippen LogP contribution in [0.2, 0.25) is 0 Å². The van der Waals surface area contributed by atoms with E-state index in [0.717, 1.165) is 35.6 Å². The van der Waals surface area contributed by atoms with Gasteiger partial charge in [-0.05, 0) is 42.3 Å². The Bertz CT molecular complexity index is 1250. The number of hydrazone groups is 1. The van der Waals surface area contributed by atoms with Gasteiger partial charge in [0.15, 0.2) is 0 Å². The van der Waals surface area contributed by atoms with Crippen molar-refractivity contribution in [1.82, 2.24) is 10.7 Å². The molecule has 0 saturated carbocycles. The van der Waals surface area contributed by atoms with E-state index < -0.39 is 11.9 Å². The maximum absolute atomic E-state index is 12.7. The van der Waals surface area contributed by atoms with Gasteiger partial charge in [-0.2, -0.15) is 5.10 Å². The molecule has 0 aliphatic heterocycles. The molecule has 0 fully saturated rings. The number of unbranched alkanes of at least 4 members (excludes halogenated alkanes) is 6. The van der Waals surface area contributed by atoms with E-state index in [1.807, 2.05) is 49.4 Å². The van der Waals surface area contributed by atoms with Crippen LogP contribution in [0.5, 0.6) is 5.75 Å². The summed E-state index contributed by atoms with van der Waals surface area (Å²) in [5, 5.41) is 8.46. The number of nitrogens with zero attached hydrogens (tertiary/aromatic N) is 1. The van der Waals surface area contributed by atoms with Gasteiger partial charge in [0, 0.05) is 12.0 Å². The van der Waals surface area contributed by atoms with Gasteiger partial charge in [0.2, 0.25) is 5.91 Å². The minimum Gasteiger partial charge on any atom is -0.422 e. The number of esters is 1. The number of carbonyl (C=O) groups excluding carboxylic acids is 3. The molecule has 3 aromatic rings. The van der Waals surface area contributed by atoms with Crippen LogP contribution in [0.25, 0.3) is 10.8 Å². The summed E-state index contributed by atoms with van der Waals surface area (Å²) in [6.07, 6.45) is 9.79. The maximum Gasteiger partial charge on any atom is 0.343 e. The molecule has 0 aromatic heterocycles. The lowest BCUT2D eigenvalue weighted by atomic mass is 10.0. The number of hydrogen-bond donors (Lipinski definition) is 2.